The molecule has 0 atom stereocenters. The van der Waals surface area contributed by atoms with E-state index in [9.17, 15) is 0 Å². The molecule has 0 unspecified atom stereocenters. The average Bonchev–Trinajstić information content (AvgIpc) is 2.54. The fourth-order valence-electron chi connectivity index (χ4n) is 2.95. The van der Waals surface area contributed by atoms with Crippen molar-refractivity contribution in [2.45, 2.75) is 123 Å². The number of hydrogen-bond acceptors (Lipinski definition) is 1. The fraction of sp³-hybridized carbons (Fsp3) is 1.00. The molecule has 0 nitrogen and oxygen atoms in total. The zero-order valence-electron chi connectivity index (χ0n) is 15.8. The lowest BCUT2D eigenvalue weighted by Crippen LogP contribution is -1.87. The Kier molecular flexibility index (Phi) is 21.7. The van der Waals surface area contributed by atoms with Gasteiger partial charge in [0.05, 0.1) is 0 Å². The van der Waals surface area contributed by atoms with Crippen LogP contribution in [0.3, 0.4) is 0 Å². The van der Waals surface area contributed by atoms with Gasteiger partial charge in [-0.15, -0.1) is 0 Å². The van der Waals surface area contributed by atoms with Crippen LogP contribution in [0, 0.1) is 0 Å². The summed E-state index contributed by atoms with van der Waals surface area (Å²) in [5.74, 6) is 2.82. The van der Waals surface area contributed by atoms with Gasteiger partial charge >= 0.3 is 0 Å². The maximum atomic E-state index is 2.30. The molecule has 0 aliphatic heterocycles. The van der Waals surface area contributed by atoms with Crippen molar-refractivity contribution in [2.24, 2.45) is 0 Å². The molecule has 0 aromatic carbocycles. The minimum absolute atomic E-state index is 1.37. The van der Waals surface area contributed by atoms with Gasteiger partial charge in [-0.25, -0.2) is 0 Å². The molecule has 22 heavy (non-hydrogen) atoms. The van der Waals surface area contributed by atoms with Gasteiger partial charge in [0.25, 0.3) is 0 Å². The summed E-state index contributed by atoms with van der Waals surface area (Å²) in [5.41, 5.74) is 0. The van der Waals surface area contributed by atoms with Crippen molar-refractivity contribution in [1.82, 2.24) is 0 Å². The summed E-state index contributed by atoms with van der Waals surface area (Å²) >= 11 is 2.20. The van der Waals surface area contributed by atoms with E-state index in [1.54, 1.807) is 0 Å². The van der Waals surface area contributed by atoms with Crippen LogP contribution in [0.2, 0.25) is 0 Å². The Morgan fingerprint density at radius 3 is 0.955 bits per heavy atom. The van der Waals surface area contributed by atoms with Crippen LogP contribution in [0.1, 0.15) is 123 Å². The van der Waals surface area contributed by atoms with Crippen molar-refractivity contribution in [3.8, 4) is 0 Å². The summed E-state index contributed by atoms with van der Waals surface area (Å²) in [6.07, 6.45) is 24.7. The second-order valence-electron chi connectivity index (χ2n) is 6.92. The molecule has 0 N–H and O–H groups in total. The molecule has 0 amide bonds. The Balaban J connectivity index is 2.91. The zero-order chi connectivity index (χ0) is 16.1. The molecule has 0 aliphatic rings. The van der Waals surface area contributed by atoms with Crippen LogP contribution in [-0.4, -0.2) is 11.5 Å². The molecule has 0 bridgehead atoms. The summed E-state index contributed by atoms with van der Waals surface area (Å²) in [6.45, 7) is 4.59. The van der Waals surface area contributed by atoms with Gasteiger partial charge in [-0.1, -0.05) is 110 Å². The maximum absolute atomic E-state index is 2.30. The predicted octanol–water partition coefficient (Wildman–Crippen LogP) is 8.39. The van der Waals surface area contributed by atoms with E-state index in [1.165, 1.54) is 121 Å². The summed E-state index contributed by atoms with van der Waals surface area (Å²) in [6, 6.07) is 0. The largest absolute Gasteiger partial charge is 0.162 e. The lowest BCUT2D eigenvalue weighted by molar-refractivity contribution is 0.563. The van der Waals surface area contributed by atoms with Gasteiger partial charge in [0, 0.05) is 0 Å². The highest BCUT2D eigenvalue weighted by Crippen LogP contribution is 2.14. The standard InChI is InChI=1S/C21H44S/c1-3-5-7-9-11-12-13-15-17-19-21-22-20-18-16-14-10-8-6-4-2/h3-21H2,1-2H3. The van der Waals surface area contributed by atoms with Crippen molar-refractivity contribution >= 4 is 11.8 Å². The van der Waals surface area contributed by atoms with E-state index >= 15 is 0 Å². The number of unbranched alkanes of at least 4 members (excludes halogenated alkanes) is 15. The third-order valence-corrected chi connectivity index (χ3v) is 5.69. The molecule has 0 saturated heterocycles. The quantitative estimate of drug-likeness (QED) is 0.214. The minimum Gasteiger partial charge on any atom is -0.162 e. The van der Waals surface area contributed by atoms with Crippen molar-refractivity contribution in [2.75, 3.05) is 11.5 Å². The second kappa shape index (κ2) is 21.4. The van der Waals surface area contributed by atoms with Gasteiger partial charge in [0.1, 0.15) is 0 Å². The SMILES string of the molecule is CCCCCCCCCCCCSCCCCCCCCC. The molecular formula is C21H44S. The van der Waals surface area contributed by atoms with E-state index in [1.807, 2.05) is 0 Å². The van der Waals surface area contributed by atoms with E-state index in [4.69, 9.17) is 0 Å². The molecule has 0 spiro atoms. The summed E-state index contributed by atoms with van der Waals surface area (Å²) < 4.78 is 0. The van der Waals surface area contributed by atoms with E-state index in [0.717, 1.165) is 0 Å². The molecule has 0 radical (unpaired) electrons. The van der Waals surface area contributed by atoms with Crippen molar-refractivity contribution < 1.29 is 0 Å². The van der Waals surface area contributed by atoms with E-state index in [2.05, 4.69) is 25.6 Å². The first-order valence-corrected chi connectivity index (χ1v) is 11.6. The highest BCUT2D eigenvalue weighted by molar-refractivity contribution is 7.99. The van der Waals surface area contributed by atoms with Crippen LogP contribution < -0.4 is 0 Å². The van der Waals surface area contributed by atoms with E-state index in [0.29, 0.717) is 0 Å². The Labute approximate surface area is 146 Å². The molecule has 0 aliphatic carbocycles. The van der Waals surface area contributed by atoms with Gasteiger partial charge in [-0.3, -0.25) is 0 Å². The van der Waals surface area contributed by atoms with Crippen molar-refractivity contribution in [3.63, 3.8) is 0 Å². The smallest absolute Gasteiger partial charge is 0.00675 e. The molecule has 0 aromatic heterocycles. The number of rotatable bonds is 19. The van der Waals surface area contributed by atoms with E-state index < -0.39 is 0 Å². The highest BCUT2D eigenvalue weighted by Gasteiger charge is 1.94. The van der Waals surface area contributed by atoms with Gasteiger partial charge in [-0.05, 0) is 24.3 Å². The van der Waals surface area contributed by atoms with E-state index in [-0.39, 0.29) is 0 Å². The monoisotopic (exact) mass is 328 g/mol. The lowest BCUT2D eigenvalue weighted by Gasteiger charge is -2.03. The molecule has 0 fully saturated rings. The molecule has 0 aromatic rings. The lowest BCUT2D eigenvalue weighted by atomic mass is 10.1. The second-order valence-corrected chi connectivity index (χ2v) is 8.14. The predicted molar refractivity (Wildman–Crippen MR) is 107 cm³/mol. The molecule has 1 heteroatoms. The molecular weight excluding hydrogens is 284 g/mol. The first kappa shape index (κ1) is 22.4. The number of thioether (sulfide) groups is 1. The molecule has 0 rings (SSSR count). The Morgan fingerprint density at radius 1 is 0.364 bits per heavy atom. The summed E-state index contributed by atoms with van der Waals surface area (Å²) in [4.78, 5) is 0. The van der Waals surface area contributed by atoms with Gasteiger partial charge < -0.3 is 0 Å². The van der Waals surface area contributed by atoms with Gasteiger partial charge in [-0.2, -0.15) is 11.8 Å². The van der Waals surface area contributed by atoms with Crippen LogP contribution in [0.4, 0.5) is 0 Å². The fourth-order valence-corrected chi connectivity index (χ4v) is 3.98. The van der Waals surface area contributed by atoms with Gasteiger partial charge in [0.2, 0.25) is 0 Å². The highest BCUT2D eigenvalue weighted by atomic mass is 32.2. The third kappa shape index (κ3) is 20.3. The Morgan fingerprint density at radius 2 is 0.636 bits per heavy atom. The summed E-state index contributed by atoms with van der Waals surface area (Å²) in [7, 11) is 0. The van der Waals surface area contributed by atoms with Crippen LogP contribution in [0.15, 0.2) is 0 Å². The van der Waals surface area contributed by atoms with Gasteiger partial charge in [0.15, 0.2) is 0 Å². The topological polar surface area (TPSA) is 0 Å². The average molecular weight is 329 g/mol. The molecule has 134 valence electrons. The molecule has 0 heterocycles. The van der Waals surface area contributed by atoms with Crippen molar-refractivity contribution in [1.29, 1.82) is 0 Å². The van der Waals surface area contributed by atoms with Crippen LogP contribution >= 0.6 is 11.8 Å². The number of hydrogen-bond donors (Lipinski definition) is 0. The van der Waals surface area contributed by atoms with Crippen molar-refractivity contribution in [3.05, 3.63) is 0 Å². The van der Waals surface area contributed by atoms with Crippen LogP contribution in [0.5, 0.6) is 0 Å². The first-order chi connectivity index (χ1) is 10.9. The van der Waals surface area contributed by atoms with Crippen LogP contribution in [0.25, 0.3) is 0 Å². The zero-order valence-corrected chi connectivity index (χ0v) is 16.7. The molecule has 0 saturated carbocycles. The maximum Gasteiger partial charge on any atom is -0.00675 e. The minimum atomic E-state index is 1.37. The normalized spacial score (nSPS) is 11.2. The van der Waals surface area contributed by atoms with Crippen LogP contribution in [-0.2, 0) is 0 Å². The summed E-state index contributed by atoms with van der Waals surface area (Å²) in [5, 5.41) is 0. The Hall–Kier alpha value is 0.350. The first-order valence-electron chi connectivity index (χ1n) is 10.5. The Bertz CT molecular complexity index is 159. The third-order valence-electron chi connectivity index (χ3n) is 4.53.